The van der Waals surface area contributed by atoms with Gasteiger partial charge in [0.1, 0.15) is 29.9 Å². The molecular weight excluding hydrogens is 520 g/mol. The number of fused-ring (bicyclic) bond motifs is 1. The van der Waals surface area contributed by atoms with Gasteiger partial charge in [0, 0.05) is 10.5 Å². The van der Waals surface area contributed by atoms with Crippen LogP contribution >= 0.6 is 11.8 Å². The maximum Gasteiger partial charge on any atom is 0.184 e. The smallest absolute Gasteiger partial charge is 0.184 e. The molecule has 6 atom stereocenters. The Balaban J connectivity index is 1.30. The van der Waals surface area contributed by atoms with Gasteiger partial charge in [-0.1, -0.05) is 120 Å². The molecule has 6 rings (SSSR count). The molecule has 2 fully saturated rings. The summed E-state index contributed by atoms with van der Waals surface area (Å²) < 4.78 is 32.9. The average Bonchev–Trinajstić information content (AvgIpc) is 3.01. The molecule has 4 aromatic rings. The molecule has 6 heteroatoms. The Morgan fingerprint density at radius 2 is 1.25 bits per heavy atom. The predicted molar refractivity (Wildman–Crippen MR) is 156 cm³/mol. The first-order chi connectivity index (χ1) is 19.7. The standard InChI is InChI=1S/C34H34O5S/c1-24-17-19-28(20-18-24)40-34-32(36-22-26-13-7-3-8-14-26)31(35-21-25-11-5-2-6-12-25)30-29(38-34)23-37-33(39-30)27-15-9-4-10-16-27/h2-20,29-34H,21-23H2,1H3. The van der Waals surface area contributed by atoms with E-state index in [1.165, 1.54) is 5.56 Å². The Hall–Kier alpha value is -2.97. The van der Waals surface area contributed by atoms with Gasteiger partial charge in [-0.25, -0.2) is 0 Å². The molecule has 2 saturated heterocycles. The van der Waals surface area contributed by atoms with Crippen molar-refractivity contribution in [1.29, 1.82) is 0 Å². The summed E-state index contributed by atoms with van der Waals surface area (Å²) in [5.41, 5.74) is 4.08. The quantitative estimate of drug-likeness (QED) is 0.220. The molecular formula is C34H34O5S. The Morgan fingerprint density at radius 3 is 1.88 bits per heavy atom. The molecule has 40 heavy (non-hydrogen) atoms. The fourth-order valence-corrected chi connectivity index (χ4v) is 6.20. The summed E-state index contributed by atoms with van der Waals surface area (Å²) in [6, 6.07) is 39.0. The van der Waals surface area contributed by atoms with Gasteiger partial charge >= 0.3 is 0 Å². The van der Waals surface area contributed by atoms with Crippen molar-refractivity contribution in [3.63, 3.8) is 0 Å². The van der Waals surface area contributed by atoms with E-state index >= 15 is 0 Å². The van der Waals surface area contributed by atoms with Gasteiger partial charge in [0.05, 0.1) is 19.8 Å². The van der Waals surface area contributed by atoms with Crippen molar-refractivity contribution >= 4 is 11.8 Å². The molecule has 206 valence electrons. The minimum absolute atomic E-state index is 0.291. The first-order valence-electron chi connectivity index (χ1n) is 13.7. The number of hydrogen-bond donors (Lipinski definition) is 0. The molecule has 5 nitrogen and oxygen atoms in total. The van der Waals surface area contributed by atoms with Crippen LogP contribution in [0.2, 0.25) is 0 Å². The monoisotopic (exact) mass is 554 g/mol. The lowest BCUT2D eigenvalue weighted by atomic mass is 9.98. The molecule has 0 radical (unpaired) electrons. The maximum atomic E-state index is 6.71. The van der Waals surface area contributed by atoms with Gasteiger partial charge in [0.15, 0.2) is 6.29 Å². The van der Waals surface area contributed by atoms with E-state index in [2.05, 4.69) is 55.5 Å². The average molecular weight is 555 g/mol. The summed E-state index contributed by atoms with van der Waals surface area (Å²) in [7, 11) is 0. The highest BCUT2D eigenvalue weighted by Crippen LogP contribution is 2.41. The van der Waals surface area contributed by atoms with Crippen molar-refractivity contribution in [2.75, 3.05) is 6.61 Å². The molecule has 2 aliphatic rings. The van der Waals surface area contributed by atoms with Crippen LogP contribution in [0.15, 0.2) is 120 Å². The molecule has 2 heterocycles. The Bertz CT molecular complexity index is 1320. The van der Waals surface area contributed by atoms with Crippen LogP contribution in [0.25, 0.3) is 0 Å². The van der Waals surface area contributed by atoms with Gasteiger partial charge in [-0.05, 0) is 30.2 Å². The molecule has 0 saturated carbocycles. The number of thioether (sulfide) groups is 1. The molecule has 0 N–H and O–H groups in total. The van der Waals surface area contributed by atoms with Crippen LogP contribution in [-0.2, 0) is 36.9 Å². The molecule has 0 amide bonds. The Kier molecular flexibility index (Phi) is 8.93. The topological polar surface area (TPSA) is 46.2 Å². The first kappa shape index (κ1) is 27.2. The minimum Gasteiger partial charge on any atom is -0.368 e. The Labute approximate surface area is 240 Å². The van der Waals surface area contributed by atoms with Crippen molar-refractivity contribution in [2.24, 2.45) is 0 Å². The zero-order chi connectivity index (χ0) is 27.1. The van der Waals surface area contributed by atoms with Crippen LogP contribution in [0.4, 0.5) is 0 Å². The minimum atomic E-state index is -0.495. The van der Waals surface area contributed by atoms with Crippen molar-refractivity contribution in [3.05, 3.63) is 138 Å². The van der Waals surface area contributed by atoms with Gasteiger partial charge in [0.25, 0.3) is 0 Å². The van der Waals surface area contributed by atoms with Gasteiger partial charge in [-0.2, -0.15) is 0 Å². The highest BCUT2D eigenvalue weighted by Gasteiger charge is 2.51. The van der Waals surface area contributed by atoms with E-state index < -0.39 is 6.29 Å². The second-order valence-corrected chi connectivity index (χ2v) is 11.3. The molecule has 0 bridgehead atoms. The summed E-state index contributed by atoms with van der Waals surface area (Å²) in [6.07, 6.45) is -1.91. The summed E-state index contributed by atoms with van der Waals surface area (Å²) in [6.45, 7) is 3.39. The summed E-state index contributed by atoms with van der Waals surface area (Å²) in [5.74, 6) is 0. The summed E-state index contributed by atoms with van der Waals surface area (Å²) in [5, 5.41) is 0. The number of ether oxygens (including phenoxy) is 5. The van der Waals surface area contributed by atoms with Crippen molar-refractivity contribution in [1.82, 2.24) is 0 Å². The van der Waals surface area contributed by atoms with Crippen LogP contribution in [0.1, 0.15) is 28.5 Å². The second kappa shape index (κ2) is 13.1. The molecule has 6 unspecified atom stereocenters. The van der Waals surface area contributed by atoms with E-state index in [1.54, 1.807) is 11.8 Å². The zero-order valence-corrected chi connectivity index (χ0v) is 23.3. The first-order valence-corrected chi connectivity index (χ1v) is 14.6. The maximum absolute atomic E-state index is 6.71. The van der Waals surface area contributed by atoms with Gasteiger partial charge in [-0.3, -0.25) is 0 Å². The van der Waals surface area contributed by atoms with E-state index in [9.17, 15) is 0 Å². The van der Waals surface area contributed by atoms with Crippen LogP contribution in [-0.4, -0.2) is 36.5 Å². The largest absolute Gasteiger partial charge is 0.368 e. The SMILES string of the molecule is Cc1ccc(SC2OC3COC(c4ccccc4)OC3C(OCc3ccccc3)C2OCc2ccccc2)cc1. The van der Waals surface area contributed by atoms with E-state index in [0.29, 0.717) is 19.8 Å². The fourth-order valence-electron chi connectivity index (χ4n) is 5.07. The van der Waals surface area contributed by atoms with E-state index in [-0.39, 0.29) is 29.9 Å². The number of benzene rings is 4. The Morgan fingerprint density at radius 1 is 0.675 bits per heavy atom. The van der Waals surface area contributed by atoms with Gasteiger partial charge < -0.3 is 23.7 Å². The van der Waals surface area contributed by atoms with Crippen molar-refractivity contribution < 1.29 is 23.7 Å². The van der Waals surface area contributed by atoms with Crippen LogP contribution < -0.4 is 0 Å². The predicted octanol–water partition coefficient (Wildman–Crippen LogP) is 7.10. The van der Waals surface area contributed by atoms with E-state index in [1.807, 2.05) is 66.7 Å². The highest BCUT2D eigenvalue weighted by molar-refractivity contribution is 7.99. The zero-order valence-electron chi connectivity index (χ0n) is 22.5. The normalized spacial score (nSPS) is 26.2. The summed E-state index contributed by atoms with van der Waals surface area (Å²) >= 11 is 1.66. The van der Waals surface area contributed by atoms with Crippen molar-refractivity contribution in [2.45, 2.75) is 61.2 Å². The third kappa shape index (κ3) is 6.66. The number of aryl methyl sites for hydroxylation is 1. The number of rotatable bonds is 9. The molecule has 4 aromatic carbocycles. The van der Waals surface area contributed by atoms with E-state index in [0.717, 1.165) is 21.6 Å². The van der Waals surface area contributed by atoms with Gasteiger partial charge in [0.2, 0.25) is 0 Å². The molecule has 0 aromatic heterocycles. The fraction of sp³-hybridized carbons (Fsp3) is 0.294. The highest BCUT2D eigenvalue weighted by atomic mass is 32.2. The number of hydrogen-bond acceptors (Lipinski definition) is 6. The lowest BCUT2D eigenvalue weighted by molar-refractivity contribution is -0.329. The third-order valence-corrected chi connectivity index (χ3v) is 8.36. The lowest BCUT2D eigenvalue weighted by Crippen LogP contribution is -2.62. The molecule has 0 aliphatic carbocycles. The lowest BCUT2D eigenvalue weighted by Gasteiger charge is -2.49. The molecule has 2 aliphatic heterocycles. The van der Waals surface area contributed by atoms with Crippen molar-refractivity contribution in [3.8, 4) is 0 Å². The summed E-state index contributed by atoms with van der Waals surface area (Å²) in [4.78, 5) is 1.11. The van der Waals surface area contributed by atoms with Gasteiger partial charge in [-0.15, -0.1) is 0 Å². The van der Waals surface area contributed by atoms with E-state index in [4.69, 9.17) is 23.7 Å². The third-order valence-electron chi connectivity index (χ3n) is 7.20. The second-order valence-electron chi connectivity index (χ2n) is 10.2. The van der Waals surface area contributed by atoms with Crippen LogP contribution in [0.3, 0.4) is 0 Å². The van der Waals surface area contributed by atoms with Crippen LogP contribution in [0, 0.1) is 6.92 Å². The molecule has 0 spiro atoms. The van der Waals surface area contributed by atoms with Crippen LogP contribution in [0.5, 0.6) is 0 Å².